The van der Waals surface area contributed by atoms with E-state index in [0.717, 1.165) is 45.3 Å². The Hall–Kier alpha value is -2.80. The van der Waals surface area contributed by atoms with Crippen molar-refractivity contribution in [3.8, 4) is 17.2 Å². The maximum Gasteiger partial charge on any atom is 0.203 e. The molecule has 1 aromatic heterocycles. The van der Waals surface area contributed by atoms with Crippen molar-refractivity contribution in [1.82, 2.24) is 10.3 Å². The molecule has 0 bridgehead atoms. The number of hydrogen-bond donors (Lipinski definition) is 2. The van der Waals surface area contributed by atoms with Gasteiger partial charge < -0.3 is 24.5 Å². The monoisotopic (exact) mass is 383 g/mol. The van der Waals surface area contributed by atoms with Crippen molar-refractivity contribution in [3.05, 3.63) is 42.1 Å². The summed E-state index contributed by atoms with van der Waals surface area (Å²) in [7, 11) is 4.86. The number of benzene rings is 2. The normalized spacial score (nSPS) is 13.4. The van der Waals surface area contributed by atoms with Gasteiger partial charge in [-0.25, -0.2) is 0 Å². The molecule has 0 saturated heterocycles. The summed E-state index contributed by atoms with van der Waals surface area (Å²) in [5.41, 5.74) is 2.09. The number of aliphatic imine (C=N–C) groups is 1. The van der Waals surface area contributed by atoms with Gasteiger partial charge >= 0.3 is 0 Å². The van der Waals surface area contributed by atoms with Crippen LogP contribution < -0.4 is 19.5 Å². The Morgan fingerprint density at radius 1 is 1.00 bits per heavy atom. The van der Waals surface area contributed by atoms with Crippen LogP contribution in [0.1, 0.15) is 5.69 Å². The van der Waals surface area contributed by atoms with E-state index in [1.807, 2.05) is 24.3 Å². The predicted molar refractivity (Wildman–Crippen MR) is 108 cm³/mol. The van der Waals surface area contributed by atoms with Gasteiger partial charge in [0.05, 0.1) is 33.6 Å². The Labute approximate surface area is 161 Å². The molecular weight excluding hydrogens is 362 g/mol. The lowest BCUT2D eigenvalue weighted by Crippen LogP contribution is -2.20. The van der Waals surface area contributed by atoms with Crippen LogP contribution in [0.2, 0.25) is 0 Å². The molecule has 0 aliphatic carbocycles. The molecule has 3 aromatic rings. The smallest absolute Gasteiger partial charge is 0.203 e. The molecule has 140 valence electrons. The minimum absolute atomic E-state index is 0.588. The first-order valence-electron chi connectivity index (χ1n) is 8.62. The molecule has 2 N–H and O–H groups in total. The number of ether oxygens (including phenoxy) is 3. The molecule has 27 heavy (non-hydrogen) atoms. The molecule has 0 unspecified atom stereocenters. The molecule has 4 rings (SSSR count). The van der Waals surface area contributed by atoms with Gasteiger partial charge in [-0.3, -0.25) is 4.99 Å². The molecule has 6 nitrogen and oxygen atoms in total. The lowest BCUT2D eigenvalue weighted by molar-refractivity contribution is 0.323. The van der Waals surface area contributed by atoms with Crippen LogP contribution in [-0.2, 0) is 0 Å². The second-order valence-electron chi connectivity index (χ2n) is 5.99. The van der Waals surface area contributed by atoms with Gasteiger partial charge in [0.2, 0.25) is 5.75 Å². The number of para-hydroxylation sites is 1. The second kappa shape index (κ2) is 7.44. The maximum absolute atomic E-state index is 5.49. The first kappa shape index (κ1) is 17.6. The molecule has 0 radical (unpaired) electrons. The number of H-pyrrole nitrogens is 1. The van der Waals surface area contributed by atoms with Gasteiger partial charge in [-0.1, -0.05) is 30.0 Å². The fourth-order valence-corrected chi connectivity index (χ4v) is 4.29. The van der Waals surface area contributed by atoms with Crippen LogP contribution >= 0.6 is 11.8 Å². The van der Waals surface area contributed by atoms with E-state index in [2.05, 4.69) is 27.4 Å². The van der Waals surface area contributed by atoms with Crippen LogP contribution in [0.5, 0.6) is 17.2 Å². The summed E-state index contributed by atoms with van der Waals surface area (Å²) in [4.78, 5) is 10.2. The molecule has 0 saturated carbocycles. The van der Waals surface area contributed by atoms with E-state index in [4.69, 9.17) is 14.2 Å². The van der Waals surface area contributed by atoms with E-state index in [1.54, 1.807) is 33.1 Å². The van der Waals surface area contributed by atoms with Crippen LogP contribution in [0.15, 0.2) is 51.2 Å². The third-order valence-corrected chi connectivity index (χ3v) is 5.53. The van der Waals surface area contributed by atoms with Crippen LogP contribution in [-0.4, -0.2) is 45.2 Å². The summed E-state index contributed by atoms with van der Waals surface area (Å²) in [5, 5.41) is 4.51. The number of nitrogens with zero attached hydrogens (tertiary/aromatic N) is 1. The Morgan fingerprint density at radius 2 is 1.74 bits per heavy atom. The van der Waals surface area contributed by atoms with Gasteiger partial charge in [-0.2, -0.15) is 0 Å². The Morgan fingerprint density at radius 3 is 2.37 bits per heavy atom. The molecular formula is C20H21N3O3S. The molecule has 2 heterocycles. The third kappa shape index (κ3) is 3.19. The van der Waals surface area contributed by atoms with Gasteiger partial charge in [0.1, 0.15) is 5.84 Å². The predicted octanol–water partition coefficient (Wildman–Crippen LogP) is 3.69. The van der Waals surface area contributed by atoms with Gasteiger partial charge in [0.25, 0.3) is 0 Å². The third-order valence-electron chi connectivity index (χ3n) is 4.43. The van der Waals surface area contributed by atoms with Crippen LogP contribution in [0, 0.1) is 0 Å². The summed E-state index contributed by atoms with van der Waals surface area (Å²) >= 11 is 1.65. The number of fused-ring (bicyclic) bond motifs is 1. The molecule has 2 aromatic carbocycles. The van der Waals surface area contributed by atoms with Crippen molar-refractivity contribution in [2.24, 2.45) is 4.99 Å². The second-order valence-corrected chi connectivity index (χ2v) is 7.08. The number of amidine groups is 1. The average molecular weight is 383 g/mol. The highest BCUT2D eigenvalue weighted by molar-refractivity contribution is 7.99. The maximum atomic E-state index is 5.49. The average Bonchev–Trinajstić information content (AvgIpc) is 3.35. The zero-order valence-electron chi connectivity index (χ0n) is 15.5. The standard InChI is InChI=1S/C20H21N3O3S/c1-24-15-10-12(11-16(25-2)18(15)26-3)27-19-13-6-4-5-7-14(13)23-17(19)20-21-8-9-22-20/h4-7,10-11,23H,8-9H2,1-3H3,(H,21,22). The first-order chi connectivity index (χ1) is 13.2. The highest BCUT2D eigenvalue weighted by Crippen LogP contribution is 2.44. The van der Waals surface area contributed by atoms with Crippen molar-refractivity contribution in [2.75, 3.05) is 34.4 Å². The highest BCUT2D eigenvalue weighted by Gasteiger charge is 2.21. The first-order valence-corrected chi connectivity index (χ1v) is 9.44. The van der Waals surface area contributed by atoms with Crippen LogP contribution in [0.25, 0.3) is 10.9 Å². The fraction of sp³-hybridized carbons (Fsp3) is 0.250. The molecule has 0 spiro atoms. The fourth-order valence-electron chi connectivity index (χ4n) is 3.19. The SMILES string of the molecule is COc1cc(Sc2c(C3=NCCN3)[nH]c3ccccc23)cc(OC)c1OC. The van der Waals surface area contributed by atoms with E-state index in [-0.39, 0.29) is 0 Å². The number of nitrogens with one attached hydrogen (secondary N) is 2. The zero-order valence-corrected chi connectivity index (χ0v) is 16.3. The van der Waals surface area contributed by atoms with Crippen LogP contribution in [0.4, 0.5) is 0 Å². The minimum atomic E-state index is 0.588. The van der Waals surface area contributed by atoms with Gasteiger partial charge in [0, 0.05) is 27.2 Å². The number of rotatable bonds is 6. The van der Waals surface area contributed by atoms with E-state index >= 15 is 0 Å². The summed E-state index contributed by atoms with van der Waals surface area (Å²) in [6.45, 7) is 1.65. The molecule has 0 fully saturated rings. The van der Waals surface area contributed by atoms with E-state index in [9.17, 15) is 0 Å². The molecule has 1 aliphatic rings. The molecule has 1 aliphatic heterocycles. The highest BCUT2D eigenvalue weighted by atomic mass is 32.2. The van der Waals surface area contributed by atoms with Gasteiger partial charge in [0.15, 0.2) is 11.5 Å². The van der Waals surface area contributed by atoms with Crippen molar-refractivity contribution >= 4 is 28.5 Å². The van der Waals surface area contributed by atoms with Gasteiger partial charge in [-0.05, 0) is 18.2 Å². The largest absolute Gasteiger partial charge is 0.493 e. The quantitative estimate of drug-likeness (QED) is 0.679. The van der Waals surface area contributed by atoms with Crippen molar-refractivity contribution in [3.63, 3.8) is 0 Å². The lowest BCUT2D eigenvalue weighted by Gasteiger charge is -2.14. The zero-order chi connectivity index (χ0) is 18.8. The van der Waals surface area contributed by atoms with E-state index < -0.39 is 0 Å². The summed E-state index contributed by atoms with van der Waals surface area (Å²) in [6.07, 6.45) is 0. The van der Waals surface area contributed by atoms with Crippen molar-refractivity contribution in [2.45, 2.75) is 9.79 Å². The molecule has 0 atom stereocenters. The Kier molecular flexibility index (Phi) is 4.85. The molecule has 7 heteroatoms. The minimum Gasteiger partial charge on any atom is -0.493 e. The van der Waals surface area contributed by atoms with Gasteiger partial charge in [-0.15, -0.1) is 0 Å². The molecule has 0 amide bonds. The number of aromatic nitrogens is 1. The van der Waals surface area contributed by atoms with E-state index in [1.165, 1.54) is 0 Å². The Bertz CT molecular complexity index is 988. The number of aromatic amines is 1. The summed E-state index contributed by atoms with van der Waals surface area (Å²) in [5.74, 6) is 2.76. The number of hydrogen-bond acceptors (Lipinski definition) is 6. The van der Waals surface area contributed by atoms with Crippen molar-refractivity contribution in [1.29, 1.82) is 0 Å². The van der Waals surface area contributed by atoms with Crippen molar-refractivity contribution < 1.29 is 14.2 Å². The Balaban J connectivity index is 1.83. The summed E-state index contributed by atoms with van der Waals surface area (Å²) in [6, 6.07) is 12.2. The van der Waals surface area contributed by atoms with E-state index in [0.29, 0.717) is 17.2 Å². The summed E-state index contributed by atoms with van der Waals surface area (Å²) < 4.78 is 16.4. The lowest BCUT2D eigenvalue weighted by atomic mass is 10.2. The van der Waals surface area contributed by atoms with Crippen LogP contribution in [0.3, 0.4) is 0 Å². The topological polar surface area (TPSA) is 67.9 Å². The number of methoxy groups -OCH3 is 3.